The number of fused-ring (bicyclic) bond motifs is 1. The maximum atomic E-state index is 11.6. The van der Waals surface area contributed by atoms with Gasteiger partial charge in [0.25, 0.3) is 0 Å². The van der Waals surface area contributed by atoms with E-state index in [1.165, 1.54) is 7.11 Å². The molecule has 0 aliphatic carbocycles. The first-order chi connectivity index (χ1) is 8.11. The van der Waals surface area contributed by atoms with Crippen molar-refractivity contribution in [1.82, 2.24) is 14.9 Å². The van der Waals surface area contributed by atoms with Gasteiger partial charge in [-0.2, -0.15) is 0 Å². The van der Waals surface area contributed by atoms with Crippen molar-refractivity contribution in [1.29, 1.82) is 0 Å². The van der Waals surface area contributed by atoms with Gasteiger partial charge in [-0.25, -0.2) is 9.78 Å². The van der Waals surface area contributed by atoms with Crippen LogP contribution in [-0.2, 0) is 11.3 Å². The van der Waals surface area contributed by atoms with E-state index in [9.17, 15) is 4.79 Å². The maximum Gasteiger partial charge on any atom is 0.340 e. The van der Waals surface area contributed by atoms with E-state index in [1.54, 1.807) is 6.07 Å². The van der Waals surface area contributed by atoms with Crippen LogP contribution in [0.25, 0.3) is 11.0 Å². The summed E-state index contributed by atoms with van der Waals surface area (Å²) in [6.45, 7) is 0.704. The van der Waals surface area contributed by atoms with Crippen LogP contribution in [0.2, 0.25) is 0 Å². The quantitative estimate of drug-likeness (QED) is 0.814. The lowest BCUT2D eigenvalue weighted by molar-refractivity contribution is 0.0603. The standard InChI is InChI=1S/C12H15N3O2/c1-15(2)7-10-13-9-6-4-5-8(11(9)14-10)12(16)17-3/h4-6H,7H2,1-3H3,(H,13,14). The minimum Gasteiger partial charge on any atom is -0.465 e. The van der Waals surface area contributed by atoms with Crippen LogP contribution < -0.4 is 0 Å². The van der Waals surface area contributed by atoms with Crippen LogP contribution in [0.1, 0.15) is 16.2 Å². The fraction of sp³-hybridized carbons (Fsp3) is 0.333. The van der Waals surface area contributed by atoms with E-state index in [1.807, 2.05) is 31.1 Å². The highest BCUT2D eigenvalue weighted by molar-refractivity contribution is 6.01. The first kappa shape index (κ1) is 11.6. The summed E-state index contributed by atoms with van der Waals surface area (Å²) < 4.78 is 4.73. The lowest BCUT2D eigenvalue weighted by Crippen LogP contribution is -2.11. The zero-order valence-corrected chi connectivity index (χ0v) is 10.2. The number of aromatic amines is 1. The molecule has 1 heterocycles. The maximum absolute atomic E-state index is 11.6. The second kappa shape index (κ2) is 4.55. The molecule has 0 saturated carbocycles. The van der Waals surface area contributed by atoms with Crippen LogP contribution in [0.3, 0.4) is 0 Å². The Morgan fingerprint density at radius 2 is 2.24 bits per heavy atom. The summed E-state index contributed by atoms with van der Waals surface area (Å²) in [4.78, 5) is 21.2. The highest BCUT2D eigenvalue weighted by Gasteiger charge is 2.13. The van der Waals surface area contributed by atoms with Gasteiger partial charge in [-0.1, -0.05) is 6.07 Å². The third-order valence-electron chi connectivity index (χ3n) is 2.43. The molecule has 0 amide bonds. The molecule has 1 N–H and O–H groups in total. The summed E-state index contributed by atoms with van der Waals surface area (Å²) in [5, 5.41) is 0. The average molecular weight is 233 g/mol. The molecule has 5 heteroatoms. The van der Waals surface area contributed by atoms with Gasteiger partial charge >= 0.3 is 5.97 Å². The normalized spacial score (nSPS) is 11.1. The van der Waals surface area contributed by atoms with Gasteiger partial charge < -0.3 is 14.6 Å². The van der Waals surface area contributed by atoms with Crippen LogP contribution in [0.5, 0.6) is 0 Å². The van der Waals surface area contributed by atoms with Crippen molar-refractivity contribution in [2.45, 2.75) is 6.54 Å². The number of carbonyl (C=O) groups excluding carboxylic acids is 1. The molecule has 0 fully saturated rings. The summed E-state index contributed by atoms with van der Waals surface area (Å²) in [5.74, 6) is 0.472. The number of ether oxygens (including phenoxy) is 1. The Hall–Kier alpha value is -1.88. The van der Waals surface area contributed by atoms with E-state index in [2.05, 4.69) is 9.97 Å². The molecule has 0 spiro atoms. The highest BCUT2D eigenvalue weighted by atomic mass is 16.5. The monoisotopic (exact) mass is 233 g/mol. The molecule has 0 atom stereocenters. The first-order valence-electron chi connectivity index (χ1n) is 5.32. The van der Waals surface area contributed by atoms with Crippen molar-refractivity contribution < 1.29 is 9.53 Å². The molecule has 0 aliphatic rings. The second-order valence-corrected chi connectivity index (χ2v) is 4.11. The molecular formula is C12H15N3O2. The topological polar surface area (TPSA) is 58.2 Å². The van der Waals surface area contributed by atoms with Crippen LogP contribution in [-0.4, -0.2) is 42.0 Å². The van der Waals surface area contributed by atoms with Crippen LogP contribution in [0.4, 0.5) is 0 Å². The molecule has 2 aromatic rings. The second-order valence-electron chi connectivity index (χ2n) is 4.11. The zero-order valence-electron chi connectivity index (χ0n) is 10.2. The summed E-state index contributed by atoms with van der Waals surface area (Å²) in [6, 6.07) is 5.43. The number of para-hydroxylation sites is 1. The van der Waals surface area contributed by atoms with Crippen molar-refractivity contribution in [3.05, 3.63) is 29.6 Å². The van der Waals surface area contributed by atoms with Gasteiger partial charge in [0.15, 0.2) is 0 Å². The van der Waals surface area contributed by atoms with E-state index in [0.717, 1.165) is 11.3 Å². The number of rotatable bonds is 3. The molecule has 5 nitrogen and oxygen atoms in total. The fourth-order valence-electron chi connectivity index (χ4n) is 1.73. The minimum absolute atomic E-state index is 0.362. The number of H-pyrrole nitrogens is 1. The van der Waals surface area contributed by atoms with Crippen molar-refractivity contribution in [3.63, 3.8) is 0 Å². The molecular weight excluding hydrogens is 218 g/mol. The average Bonchev–Trinajstić information content (AvgIpc) is 2.68. The van der Waals surface area contributed by atoms with Crippen molar-refractivity contribution in [2.75, 3.05) is 21.2 Å². The van der Waals surface area contributed by atoms with Crippen LogP contribution in [0, 0.1) is 0 Å². The predicted molar refractivity (Wildman–Crippen MR) is 64.8 cm³/mol. The summed E-state index contributed by atoms with van der Waals surface area (Å²) in [6.07, 6.45) is 0. The van der Waals surface area contributed by atoms with Gasteiger partial charge in [-0.05, 0) is 26.2 Å². The molecule has 0 aliphatic heterocycles. The van der Waals surface area contributed by atoms with E-state index in [0.29, 0.717) is 17.6 Å². The smallest absolute Gasteiger partial charge is 0.340 e. The fourth-order valence-corrected chi connectivity index (χ4v) is 1.73. The predicted octanol–water partition coefficient (Wildman–Crippen LogP) is 1.41. The zero-order chi connectivity index (χ0) is 12.4. The number of hydrogen-bond acceptors (Lipinski definition) is 4. The summed E-state index contributed by atoms with van der Waals surface area (Å²) in [7, 11) is 5.30. The van der Waals surface area contributed by atoms with Gasteiger partial charge in [0.1, 0.15) is 11.3 Å². The molecule has 1 aromatic heterocycles. The highest BCUT2D eigenvalue weighted by Crippen LogP contribution is 2.17. The Morgan fingerprint density at radius 1 is 1.47 bits per heavy atom. The molecule has 17 heavy (non-hydrogen) atoms. The number of benzene rings is 1. The molecule has 0 unspecified atom stereocenters. The molecule has 0 radical (unpaired) electrons. The third-order valence-corrected chi connectivity index (χ3v) is 2.43. The summed E-state index contributed by atoms with van der Waals surface area (Å²) >= 11 is 0. The van der Waals surface area contributed by atoms with Gasteiger partial charge in [-0.15, -0.1) is 0 Å². The van der Waals surface area contributed by atoms with Crippen molar-refractivity contribution in [3.8, 4) is 0 Å². The Morgan fingerprint density at radius 3 is 2.88 bits per heavy atom. The lowest BCUT2D eigenvalue weighted by atomic mass is 10.2. The number of nitrogens with one attached hydrogen (secondary N) is 1. The Bertz CT molecular complexity index is 546. The number of carbonyl (C=O) groups is 1. The van der Waals surface area contributed by atoms with E-state index < -0.39 is 0 Å². The summed E-state index contributed by atoms with van der Waals surface area (Å²) in [5.41, 5.74) is 2.01. The number of nitrogens with zero attached hydrogens (tertiary/aromatic N) is 2. The molecule has 90 valence electrons. The van der Waals surface area contributed by atoms with Crippen molar-refractivity contribution >= 4 is 17.0 Å². The molecule has 0 saturated heterocycles. The number of methoxy groups -OCH3 is 1. The Labute approximate surface area is 99.4 Å². The number of aromatic nitrogens is 2. The SMILES string of the molecule is COC(=O)c1cccc2[nH]c(CN(C)C)nc12. The number of esters is 1. The molecule has 2 rings (SSSR count). The van der Waals surface area contributed by atoms with Gasteiger partial charge in [-0.3, -0.25) is 0 Å². The Balaban J connectivity index is 2.49. The van der Waals surface area contributed by atoms with Gasteiger partial charge in [0.05, 0.1) is 24.7 Å². The number of imidazole rings is 1. The lowest BCUT2D eigenvalue weighted by Gasteiger charge is -2.05. The van der Waals surface area contributed by atoms with Crippen LogP contribution in [0.15, 0.2) is 18.2 Å². The Kier molecular flexibility index (Phi) is 3.10. The van der Waals surface area contributed by atoms with Crippen LogP contribution >= 0.6 is 0 Å². The molecule has 1 aromatic carbocycles. The van der Waals surface area contributed by atoms with E-state index >= 15 is 0 Å². The van der Waals surface area contributed by atoms with E-state index in [4.69, 9.17) is 4.74 Å². The molecule has 0 bridgehead atoms. The van der Waals surface area contributed by atoms with Gasteiger partial charge in [0, 0.05) is 0 Å². The number of hydrogen-bond donors (Lipinski definition) is 1. The largest absolute Gasteiger partial charge is 0.465 e. The minimum atomic E-state index is -0.362. The first-order valence-corrected chi connectivity index (χ1v) is 5.32. The van der Waals surface area contributed by atoms with Crippen molar-refractivity contribution in [2.24, 2.45) is 0 Å². The third kappa shape index (κ3) is 2.29. The van der Waals surface area contributed by atoms with Gasteiger partial charge in [0.2, 0.25) is 0 Å². The van der Waals surface area contributed by atoms with E-state index in [-0.39, 0.29) is 5.97 Å².